The zero-order chi connectivity index (χ0) is 14.6. The van der Waals surface area contributed by atoms with Crippen molar-refractivity contribution in [1.82, 2.24) is 0 Å². The summed E-state index contributed by atoms with van der Waals surface area (Å²) in [5.41, 5.74) is 1.30. The number of hydrogen-bond acceptors (Lipinski definition) is 2. The van der Waals surface area contributed by atoms with E-state index in [4.69, 9.17) is 9.47 Å². The van der Waals surface area contributed by atoms with Crippen molar-refractivity contribution in [2.75, 3.05) is 13.2 Å². The molecule has 0 aliphatic rings. The predicted octanol–water partition coefficient (Wildman–Crippen LogP) is 5.39. The fraction of sp³-hybridized carbons (Fsp3) is 0.667. The van der Waals surface area contributed by atoms with Crippen LogP contribution < -0.4 is 9.47 Å². The molecule has 1 aromatic carbocycles. The Kier molecular flexibility index (Phi) is 8.93. The maximum Gasteiger partial charge on any atom is 0.161 e. The van der Waals surface area contributed by atoms with Crippen LogP contribution in [0.1, 0.15) is 64.9 Å². The van der Waals surface area contributed by atoms with Crippen molar-refractivity contribution >= 4 is 0 Å². The lowest BCUT2D eigenvalue weighted by Gasteiger charge is -2.14. The molecule has 0 atom stereocenters. The van der Waals surface area contributed by atoms with Gasteiger partial charge in [-0.1, -0.05) is 52.5 Å². The minimum absolute atomic E-state index is 0.782. The van der Waals surface area contributed by atoms with E-state index in [1.807, 2.05) is 0 Å². The van der Waals surface area contributed by atoms with Gasteiger partial charge in [0.25, 0.3) is 0 Å². The molecule has 0 aliphatic heterocycles. The summed E-state index contributed by atoms with van der Waals surface area (Å²) in [6, 6.07) is 6.31. The molecule has 0 radical (unpaired) electrons. The van der Waals surface area contributed by atoms with Gasteiger partial charge in [0.15, 0.2) is 11.5 Å². The molecule has 20 heavy (non-hydrogen) atoms. The van der Waals surface area contributed by atoms with Crippen molar-refractivity contribution in [2.24, 2.45) is 0 Å². The van der Waals surface area contributed by atoms with Crippen LogP contribution >= 0.6 is 0 Å². The van der Waals surface area contributed by atoms with Crippen LogP contribution in [0.25, 0.3) is 0 Å². The van der Waals surface area contributed by atoms with Gasteiger partial charge in [-0.15, -0.1) is 0 Å². The fourth-order valence-electron chi connectivity index (χ4n) is 2.07. The molecule has 0 aromatic heterocycles. The first kappa shape index (κ1) is 16.9. The Hall–Kier alpha value is -1.18. The second-order valence-electron chi connectivity index (χ2n) is 5.25. The molecular formula is C18H30O2. The summed E-state index contributed by atoms with van der Waals surface area (Å²) in [6.45, 7) is 8.15. The molecule has 0 N–H and O–H groups in total. The lowest BCUT2D eigenvalue weighted by atomic mass is 10.1. The lowest BCUT2D eigenvalue weighted by Crippen LogP contribution is -2.03. The first-order valence-electron chi connectivity index (χ1n) is 8.20. The highest BCUT2D eigenvalue weighted by Gasteiger charge is 2.06. The van der Waals surface area contributed by atoms with Crippen molar-refractivity contribution in [3.05, 3.63) is 23.8 Å². The van der Waals surface area contributed by atoms with E-state index in [0.717, 1.165) is 44.0 Å². The van der Waals surface area contributed by atoms with Crippen LogP contribution in [0.5, 0.6) is 11.5 Å². The number of rotatable bonds is 11. The first-order valence-corrected chi connectivity index (χ1v) is 8.20. The molecule has 0 aliphatic carbocycles. The van der Waals surface area contributed by atoms with E-state index in [1.165, 1.54) is 31.2 Å². The molecule has 0 bridgehead atoms. The molecule has 2 heteroatoms. The molecule has 0 fully saturated rings. The Balaban J connectivity index is 2.56. The maximum absolute atomic E-state index is 5.91. The number of ether oxygens (including phenoxy) is 2. The Labute approximate surface area is 124 Å². The van der Waals surface area contributed by atoms with E-state index < -0.39 is 0 Å². The van der Waals surface area contributed by atoms with Gasteiger partial charge in [-0.25, -0.2) is 0 Å². The topological polar surface area (TPSA) is 18.5 Å². The SMILES string of the molecule is CCCCCOc1ccc(CC)cc1OCCCCC. The highest BCUT2D eigenvalue weighted by atomic mass is 16.5. The highest BCUT2D eigenvalue weighted by Crippen LogP contribution is 2.29. The van der Waals surface area contributed by atoms with Crippen LogP contribution in [-0.2, 0) is 6.42 Å². The Morgan fingerprint density at radius 2 is 1.35 bits per heavy atom. The third kappa shape index (κ3) is 6.31. The molecule has 0 heterocycles. The Morgan fingerprint density at radius 3 is 1.90 bits per heavy atom. The molecule has 114 valence electrons. The molecule has 0 saturated heterocycles. The fourth-order valence-corrected chi connectivity index (χ4v) is 2.07. The van der Waals surface area contributed by atoms with E-state index in [1.54, 1.807) is 0 Å². The van der Waals surface area contributed by atoms with Crippen molar-refractivity contribution in [3.63, 3.8) is 0 Å². The Bertz CT molecular complexity index is 360. The van der Waals surface area contributed by atoms with Gasteiger partial charge in [0.1, 0.15) is 0 Å². The van der Waals surface area contributed by atoms with Gasteiger partial charge in [0.2, 0.25) is 0 Å². The van der Waals surface area contributed by atoms with Crippen LogP contribution in [-0.4, -0.2) is 13.2 Å². The molecule has 2 nitrogen and oxygen atoms in total. The third-order valence-corrected chi connectivity index (χ3v) is 3.43. The predicted molar refractivity (Wildman–Crippen MR) is 85.9 cm³/mol. The second-order valence-corrected chi connectivity index (χ2v) is 5.25. The molecule has 0 spiro atoms. The largest absolute Gasteiger partial charge is 0.490 e. The van der Waals surface area contributed by atoms with E-state index in [-0.39, 0.29) is 0 Å². The molecule has 1 aromatic rings. The molecule has 0 amide bonds. The van der Waals surface area contributed by atoms with Gasteiger partial charge in [0, 0.05) is 0 Å². The van der Waals surface area contributed by atoms with Gasteiger partial charge in [-0.3, -0.25) is 0 Å². The lowest BCUT2D eigenvalue weighted by molar-refractivity contribution is 0.259. The minimum atomic E-state index is 0.782. The van der Waals surface area contributed by atoms with Crippen molar-refractivity contribution in [3.8, 4) is 11.5 Å². The molecular weight excluding hydrogens is 248 g/mol. The van der Waals surface area contributed by atoms with E-state index in [2.05, 4.69) is 39.0 Å². The first-order chi connectivity index (χ1) is 9.81. The number of hydrogen-bond donors (Lipinski definition) is 0. The summed E-state index contributed by atoms with van der Waals surface area (Å²) in [5, 5.41) is 0. The van der Waals surface area contributed by atoms with Gasteiger partial charge < -0.3 is 9.47 Å². The van der Waals surface area contributed by atoms with Crippen molar-refractivity contribution < 1.29 is 9.47 Å². The molecule has 0 unspecified atom stereocenters. The summed E-state index contributed by atoms with van der Waals surface area (Å²) in [7, 11) is 0. The van der Waals surface area contributed by atoms with Crippen molar-refractivity contribution in [1.29, 1.82) is 0 Å². The monoisotopic (exact) mass is 278 g/mol. The van der Waals surface area contributed by atoms with Gasteiger partial charge in [-0.05, 0) is 37.0 Å². The summed E-state index contributed by atoms with van der Waals surface area (Å²) in [5.74, 6) is 1.81. The number of unbranched alkanes of at least 4 members (excludes halogenated alkanes) is 4. The zero-order valence-corrected chi connectivity index (χ0v) is 13.4. The van der Waals surface area contributed by atoms with Crippen LogP contribution in [0, 0.1) is 0 Å². The van der Waals surface area contributed by atoms with Gasteiger partial charge in [0.05, 0.1) is 13.2 Å². The Morgan fingerprint density at radius 1 is 0.750 bits per heavy atom. The summed E-state index contributed by atoms with van der Waals surface area (Å²) < 4.78 is 11.8. The van der Waals surface area contributed by atoms with E-state index >= 15 is 0 Å². The van der Waals surface area contributed by atoms with Crippen LogP contribution in [0.3, 0.4) is 0 Å². The standard InChI is InChI=1S/C18H30O2/c1-4-7-9-13-19-17-12-11-16(6-3)15-18(17)20-14-10-8-5-2/h11-12,15H,4-10,13-14H2,1-3H3. The second kappa shape index (κ2) is 10.6. The maximum atomic E-state index is 5.91. The molecule has 1 rings (SSSR count). The normalized spacial score (nSPS) is 10.6. The average Bonchev–Trinajstić information content (AvgIpc) is 2.49. The van der Waals surface area contributed by atoms with Gasteiger partial charge in [-0.2, -0.15) is 0 Å². The van der Waals surface area contributed by atoms with Gasteiger partial charge >= 0.3 is 0 Å². The summed E-state index contributed by atoms with van der Waals surface area (Å²) in [4.78, 5) is 0. The van der Waals surface area contributed by atoms with Crippen LogP contribution in [0.4, 0.5) is 0 Å². The van der Waals surface area contributed by atoms with Crippen molar-refractivity contribution in [2.45, 2.75) is 65.7 Å². The zero-order valence-electron chi connectivity index (χ0n) is 13.4. The third-order valence-electron chi connectivity index (χ3n) is 3.43. The smallest absolute Gasteiger partial charge is 0.161 e. The average molecular weight is 278 g/mol. The summed E-state index contributed by atoms with van der Waals surface area (Å²) >= 11 is 0. The quantitative estimate of drug-likeness (QED) is 0.505. The number of aryl methyl sites for hydroxylation is 1. The van der Waals surface area contributed by atoms with E-state index in [0.29, 0.717) is 0 Å². The number of benzene rings is 1. The summed E-state index contributed by atoms with van der Waals surface area (Å²) in [6.07, 6.45) is 8.14. The van der Waals surface area contributed by atoms with Crippen LogP contribution in [0.2, 0.25) is 0 Å². The highest BCUT2D eigenvalue weighted by molar-refractivity contribution is 5.43. The van der Waals surface area contributed by atoms with Crippen LogP contribution in [0.15, 0.2) is 18.2 Å². The van der Waals surface area contributed by atoms with E-state index in [9.17, 15) is 0 Å². The molecule has 0 saturated carbocycles. The minimum Gasteiger partial charge on any atom is -0.490 e.